The van der Waals surface area contributed by atoms with Crippen molar-refractivity contribution in [3.8, 4) is 11.5 Å². The highest BCUT2D eigenvalue weighted by atomic mass is 16.5. The second-order valence-electron chi connectivity index (χ2n) is 5.80. The van der Waals surface area contributed by atoms with Crippen LogP contribution in [-0.2, 0) is 0 Å². The Balaban J connectivity index is 1.84. The molecule has 134 valence electrons. The van der Waals surface area contributed by atoms with Gasteiger partial charge in [-0.1, -0.05) is 0 Å². The van der Waals surface area contributed by atoms with E-state index < -0.39 is 0 Å². The van der Waals surface area contributed by atoms with E-state index in [4.69, 9.17) is 9.47 Å². The minimum atomic E-state index is -0.254. The standard InChI is InChI=1S/C18H24N4O3/c1-12(2)20-18-21-13(3)11-16(22-18)17(23)19-9-10-25-15-7-5-14(24-4)6-8-15/h5-8,11-12H,9-10H2,1-4H3,(H,19,23)(H,20,21,22). The first-order chi connectivity index (χ1) is 12.0. The molecule has 7 nitrogen and oxygen atoms in total. The molecule has 1 aromatic heterocycles. The average molecular weight is 344 g/mol. The van der Waals surface area contributed by atoms with E-state index >= 15 is 0 Å². The molecular weight excluding hydrogens is 320 g/mol. The Morgan fingerprint density at radius 2 is 1.84 bits per heavy atom. The molecule has 25 heavy (non-hydrogen) atoms. The lowest BCUT2D eigenvalue weighted by Crippen LogP contribution is -2.29. The third kappa shape index (κ3) is 5.95. The SMILES string of the molecule is COc1ccc(OCCNC(=O)c2cc(C)nc(NC(C)C)n2)cc1. The first-order valence-corrected chi connectivity index (χ1v) is 8.15. The molecule has 0 spiro atoms. The van der Waals surface area contributed by atoms with E-state index in [9.17, 15) is 4.79 Å². The van der Waals surface area contributed by atoms with Crippen molar-refractivity contribution in [1.82, 2.24) is 15.3 Å². The zero-order chi connectivity index (χ0) is 18.2. The number of hydrogen-bond donors (Lipinski definition) is 2. The van der Waals surface area contributed by atoms with Crippen LogP contribution in [0.2, 0.25) is 0 Å². The van der Waals surface area contributed by atoms with Gasteiger partial charge in [-0.2, -0.15) is 0 Å². The fraction of sp³-hybridized carbons (Fsp3) is 0.389. The largest absolute Gasteiger partial charge is 0.497 e. The highest BCUT2D eigenvalue weighted by molar-refractivity contribution is 5.92. The van der Waals surface area contributed by atoms with Gasteiger partial charge in [0.1, 0.15) is 23.8 Å². The van der Waals surface area contributed by atoms with E-state index in [1.54, 1.807) is 13.2 Å². The van der Waals surface area contributed by atoms with E-state index in [0.29, 0.717) is 24.8 Å². The molecular formula is C18H24N4O3. The molecule has 7 heteroatoms. The summed E-state index contributed by atoms with van der Waals surface area (Å²) >= 11 is 0. The van der Waals surface area contributed by atoms with Crippen molar-refractivity contribution in [2.45, 2.75) is 26.8 Å². The number of nitrogens with one attached hydrogen (secondary N) is 2. The van der Waals surface area contributed by atoms with Crippen LogP contribution in [0, 0.1) is 6.92 Å². The Hall–Kier alpha value is -2.83. The van der Waals surface area contributed by atoms with Crippen molar-refractivity contribution in [1.29, 1.82) is 0 Å². The van der Waals surface area contributed by atoms with Gasteiger partial charge in [0.2, 0.25) is 5.95 Å². The Labute approximate surface area is 147 Å². The van der Waals surface area contributed by atoms with Crippen LogP contribution in [0.15, 0.2) is 30.3 Å². The summed E-state index contributed by atoms with van der Waals surface area (Å²) in [5.74, 6) is 1.69. The number of aromatic nitrogens is 2. The predicted molar refractivity (Wildman–Crippen MR) is 96.3 cm³/mol. The summed E-state index contributed by atoms with van der Waals surface area (Å²) in [6, 6.07) is 9.12. The maximum Gasteiger partial charge on any atom is 0.270 e. The number of carbonyl (C=O) groups excluding carboxylic acids is 1. The molecule has 2 aromatic rings. The summed E-state index contributed by atoms with van der Waals surface area (Å²) in [6.45, 7) is 6.54. The van der Waals surface area contributed by atoms with Crippen LogP contribution in [0.5, 0.6) is 11.5 Å². The lowest BCUT2D eigenvalue weighted by molar-refractivity contribution is 0.0942. The first-order valence-electron chi connectivity index (χ1n) is 8.15. The fourth-order valence-corrected chi connectivity index (χ4v) is 2.10. The maximum atomic E-state index is 12.2. The van der Waals surface area contributed by atoms with Crippen LogP contribution in [-0.4, -0.2) is 42.2 Å². The smallest absolute Gasteiger partial charge is 0.270 e. The Kier molecular flexibility index (Phi) is 6.56. The van der Waals surface area contributed by atoms with Crippen LogP contribution in [0.1, 0.15) is 30.0 Å². The lowest BCUT2D eigenvalue weighted by atomic mass is 10.3. The number of methoxy groups -OCH3 is 1. The second kappa shape index (κ2) is 8.86. The Morgan fingerprint density at radius 3 is 2.48 bits per heavy atom. The Morgan fingerprint density at radius 1 is 1.16 bits per heavy atom. The van der Waals surface area contributed by atoms with Gasteiger partial charge < -0.3 is 20.1 Å². The molecule has 0 fully saturated rings. The number of carbonyl (C=O) groups is 1. The zero-order valence-corrected chi connectivity index (χ0v) is 15.0. The highest BCUT2D eigenvalue weighted by Gasteiger charge is 2.10. The number of anilines is 1. The molecule has 1 aromatic carbocycles. The Bertz CT molecular complexity index is 702. The van der Waals surface area contributed by atoms with Gasteiger partial charge >= 0.3 is 0 Å². The van der Waals surface area contributed by atoms with E-state index in [2.05, 4.69) is 20.6 Å². The molecule has 1 amide bonds. The van der Waals surface area contributed by atoms with Gasteiger partial charge in [0, 0.05) is 11.7 Å². The van der Waals surface area contributed by atoms with Crippen LogP contribution < -0.4 is 20.1 Å². The summed E-state index contributed by atoms with van der Waals surface area (Å²) < 4.78 is 10.7. The fourth-order valence-electron chi connectivity index (χ4n) is 2.10. The van der Waals surface area contributed by atoms with E-state index in [-0.39, 0.29) is 11.9 Å². The molecule has 0 aliphatic carbocycles. The van der Waals surface area contributed by atoms with Crippen molar-refractivity contribution in [3.63, 3.8) is 0 Å². The quantitative estimate of drug-likeness (QED) is 0.716. The predicted octanol–water partition coefficient (Wildman–Crippen LogP) is 2.42. The van der Waals surface area contributed by atoms with Gasteiger partial charge in [0.15, 0.2) is 0 Å². The number of aryl methyl sites for hydroxylation is 1. The molecule has 0 saturated heterocycles. The number of nitrogens with zero attached hydrogens (tertiary/aromatic N) is 2. The van der Waals surface area contributed by atoms with Crippen LogP contribution in [0.4, 0.5) is 5.95 Å². The molecule has 0 saturated carbocycles. The summed E-state index contributed by atoms with van der Waals surface area (Å²) in [7, 11) is 1.61. The normalized spacial score (nSPS) is 10.4. The second-order valence-corrected chi connectivity index (χ2v) is 5.80. The summed E-state index contributed by atoms with van der Waals surface area (Å²) in [5.41, 5.74) is 1.07. The van der Waals surface area contributed by atoms with Crippen LogP contribution >= 0.6 is 0 Å². The third-order valence-corrected chi connectivity index (χ3v) is 3.22. The summed E-state index contributed by atoms with van der Waals surface area (Å²) in [4.78, 5) is 20.7. The number of rotatable bonds is 8. The number of hydrogen-bond acceptors (Lipinski definition) is 6. The van der Waals surface area contributed by atoms with Crippen molar-refractivity contribution in [3.05, 3.63) is 41.7 Å². The zero-order valence-electron chi connectivity index (χ0n) is 15.0. The van der Waals surface area contributed by atoms with E-state index in [0.717, 1.165) is 17.2 Å². The van der Waals surface area contributed by atoms with Gasteiger partial charge in [-0.05, 0) is 51.1 Å². The third-order valence-electron chi connectivity index (χ3n) is 3.22. The number of ether oxygens (including phenoxy) is 2. The van der Waals surface area contributed by atoms with Gasteiger partial charge in [-0.25, -0.2) is 9.97 Å². The topological polar surface area (TPSA) is 85.4 Å². The maximum absolute atomic E-state index is 12.2. The van der Waals surface area contributed by atoms with Crippen molar-refractivity contribution in [2.24, 2.45) is 0 Å². The van der Waals surface area contributed by atoms with Gasteiger partial charge in [0.05, 0.1) is 13.7 Å². The molecule has 2 N–H and O–H groups in total. The minimum absolute atomic E-state index is 0.190. The summed E-state index contributed by atoms with van der Waals surface area (Å²) in [5, 5.41) is 5.89. The van der Waals surface area contributed by atoms with Crippen LogP contribution in [0.25, 0.3) is 0 Å². The van der Waals surface area contributed by atoms with E-state index in [1.165, 1.54) is 0 Å². The van der Waals surface area contributed by atoms with Gasteiger partial charge in [0.25, 0.3) is 5.91 Å². The first kappa shape index (κ1) is 18.5. The van der Waals surface area contributed by atoms with Gasteiger partial charge in [-0.15, -0.1) is 0 Å². The number of benzene rings is 1. The van der Waals surface area contributed by atoms with Crippen LogP contribution in [0.3, 0.4) is 0 Å². The molecule has 0 aliphatic heterocycles. The molecule has 0 radical (unpaired) electrons. The van der Waals surface area contributed by atoms with Crippen molar-refractivity contribution >= 4 is 11.9 Å². The monoisotopic (exact) mass is 344 g/mol. The molecule has 0 bridgehead atoms. The molecule has 2 rings (SSSR count). The summed E-state index contributed by atoms with van der Waals surface area (Å²) in [6.07, 6.45) is 0. The number of amides is 1. The van der Waals surface area contributed by atoms with Crippen molar-refractivity contribution in [2.75, 3.05) is 25.6 Å². The van der Waals surface area contributed by atoms with E-state index in [1.807, 2.05) is 45.0 Å². The molecule has 0 atom stereocenters. The highest BCUT2D eigenvalue weighted by Crippen LogP contribution is 2.16. The minimum Gasteiger partial charge on any atom is -0.497 e. The molecule has 0 unspecified atom stereocenters. The average Bonchev–Trinajstić information content (AvgIpc) is 2.58. The molecule has 0 aliphatic rings. The van der Waals surface area contributed by atoms with Gasteiger partial charge in [-0.3, -0.25) is 4.79 Å². The molecule has 1 heterocycles. The van der Waals surface area contributed by atoms with Crippen molar-refractivity contribution < 1.29 is 14.3 Å². The lowest BCUT2D eigenvalue weighted by Gasteiger charge is -2.11.